The van der Waals surface area contributed by atoms with Gasteiger partial charge in [0.05, 0.1) is 12.7 Å². The fourth-order valence-corrected chi connectivity index (χ4v) is 2.85. The minimum atomic E-state index is -1.03. The largest absolute Gasteiger partial charge is 0.497 e. The van der Waals surface area contributed by atoms with E-state index in [-0.39, 0.29) is 11.8 Å². The Hall–Kier alpha value is -2.76. The Morgan fingerprint density at radius 2 is 1.76 bits per heavy atom. The number of nitrogens with zero attached hydrogens (tertiary/aromatic N) is 1. The van der Waals surface area contributed by atoms with Crippen LogP contribution < -0.4 is 10.1 Å². The summed E-state index contributed by atoms with van der Waals surface area (Å²) < 4.78 is 7.13. The van der Waals surface area contributed by atoms with Gasteiger partial charge in [-0.2, -0.15) is 0 Å². The third kappa shape index (κ3) is 3.84. The minimum Gasteiger partial charge on any atom is -0.497 e. The number of rotatable bonds is 6. The lowest BCUT2D eigenvalue weighted by molar-refractivity contribution is -0.140. The Bertz CT molecular complexity index is 775. The van der Waals surface area contributed by atoms with Crippen molar-refractivity contribution in [3.63, 3.8) is 0 Å². The molecule has 0 aliphatic heterocycles. The van der Waals surface area contributed by atoms with Gasteiger partial charge in [-0.3, -0.25) is 4.79 Å². The molecule has 6 heteroatoms. The maximum Gasteiger partial charge on any atom is 0.326 e. The summed E-state index contributed by atoms with van der Waals surface area (Å²) in [5, 5.41) is 11.9. The number of ether oxygens (including phenoxy) is 1. The van der Waals surface area contributed by atoms with E-state index in [1.54, 1.807) is 27.0 Å². The van der Waals surface area contributed by atoms with Crippen molar-refractivity contribution in [2.75, 3.05) is 7.11 Å². The number of aromatic nitrogens is 1. The van der Waals surface area contributed by atoms with Crippen LogP contribution in [-0.4, -0.2) is 34.7 Å². The Morgan fingerprint density at radius 3 is 2.24 bits per heavy atom. The van der Waals surface area contributed by atoms with Gasteiger partial charge >= 0.3 is 5.97 Å². The zero-order valence-corrected chi connectivity index (χ0v) is 15.2. The summed E-state index contributed by atoms with van der Waals surface area (Å²) in [6.45, 7) is 7.28. The fraction of sp³-hybridized carbons (Fsp3) is 0.368. The second kappa shape index (κ2) is 7.42. The van der Waals surface area contributed by atoms with Gasteiger partial charge < -0.3 is 19.7 Å². The summed E-state index contributed by atoms with van der Waals surface area (Å²) in [6, 6.07) is 8.38. The molecule has 2 aromatic rings. The lowest BCUT2D eigenvalue weighted by atomic mass is 10.0. The Kier molecular flexibility index (Phi) is 5.51. The number of aliphatic carboxylic acids is 1. The Balaban J connectivity index is 2.34. The van der Waals surface area contributed by atoms with Crippen LogP contribution in [0.5, 0.6) is 5.75 Å². The smallest absolute Gasteiger partial charge is 0.326 e. The molecule has 134 valence electrons. The molecule has 1 heterocycles. The van der Waals surface area contributed by atoms with Crippen molar-refractivity contribution >= 4 is 11.9 Å². The highest BCUT2D eigenvalue weighted by molar-refractivity contribution is 5.98. The van der Waals surface area contributed by atoms with Crippen LogP contribution in [0, 0.1) is 19.8 Å². The van der Waals surface area contributed by atoms with Crippen LogP contribution in [-0.2, 0) is 4.79 Å². The molecule has 0 spiro atoms. The van der Waals surface area contributed by atoms with Crippen LogP contribution in [0.4, 0.5) is 0 Å². The minimum absolute atomic E-state index is 0.202. The Labute approximate surface area is 147 Å². The first-order chi connectivity index (χ1) is 11.8. The van der Waals surface area contributed by atoms with Crippen molar-refractivity contribution < 1.29 is 19.4 Å². The Morgan fingerprint density at radius 1 is 1.16 bits per heavy atom. The third-order valence-corrected chi connectivity index (χ3v) is 4.23. The van der Waals surface area contributed by atoms with Crippen LogP contribution >= 0.6 is 0 Å². The average molecular weight is 344 g/mol. The van der Waals surface area contributed by atoms with E-state index in [1.807, 2.05) is 42.7 Å². The molecule has 0 fully saturated rings. The number of hydrogen-bond donors (Lipinski definition) is 2. The van der Waals surface area contributed by atoms with Gasteiger partial charge in [-0.15, -0.1) is 0 Å². The summed E-state index contributed by atoms with van der Waals surface area (Å²) in [5.41, 5.74) is 3.03. The van der Waals surface area contributed by atoms with Crippen LogP contribution in [0.15, 0.2) is 30.3 Å². The molecule has 0 aliphatic carbocycles. The molecule has 0 bridgehead atoms. The van der Waals surface area contributed by atoms with Crippen molar-refractivity contribution in [1.82, 2.24) is 9.88 Å². The SMILES string of the molecule is COc1ccc(-n2c(C)cc(C(=O)NC(C(=O)O)C(C)C)c2C)cc1. The van der Waals surface area contributed by atoms with E-state index in [9.17, 15) is 14.7 Å². The molecule has 2 rings (SSSR count). The van der Waals surface area contributed by atoms with E-state index in [0.29, 0.717) is 5.56 Å². The zero-order chi connectivity index (χ0) is 18.7. The van der Waals surface area contributed by atoms with Crippen LogP contribution in [0.3, 0.4) is 0 Å². The third-order valence-electron chi connectivity index (χ3n) is 4.23. The van der Waals surface area contributed by atoms with Crippen molar-refractivity contribution in [1.29, 1.82) is 0 Å². The maximum absolute atomic E-state index is 12.6. The summed E-state index contributed by atoms with van der Waals surface area (Å²) in [4.78, 5) is 23.9. The van der Waals surface area contributed by atoms with Gasteiger partial charge in [-0.25, -0.2) is 4.79 Å². The maximum atomic E-state index is 12.6. The number of carbonyl (C=O) groups excluding carboxylic acids is 1. The molecule has 25 heavy (non-hydrogen) atoms. The number of carboxylic acid groups (broad SMARTS) is 1. The molecule has 1 aromatic carbocycles. The highest BCUT2D eigenvalue weighted by Crippen LogP contribution is 2.23. The lowest BCUT2D eigenvalue weighted by Gasteiger charge is -2.18. The van der Waals surface area contributed by atoms with Crippen LogP contribution in [0.1, 0.15) is 35.6 Å². The second-order valence-corrected chi connectivity index (χ2v) is 6.35. The van der Waals surface area contributed by atoms with Crippen LogP contribution in [0.2, 0.25) is 0 Å². The molecule has 1 aromatic heterocycles. The molecule has 0 aliphatic rings. The number of benzene rings is 1. The molecular weight excluding hydrogens is 320 g/mol. The second-order valence-electron chi connectivity index (χ2n) is 6.35. The van der Waals surface area contributed by atoms with Gasteiger partial charge in [-0.05, 0) is 50.1 Å². The van der Waals surface area contributed by atoms with Gasteiger partial charge in [0.25, 0.3) is 5.91 Å². The normalized spacial score (nSPS) is 12.1. The number of amides is 1. The summed E-state index contributed by atoms with van der Waals surface area (Å²) in [5.74, 6) is -0.863. The highest BCUT2D eigenvalue weighted by atomic mass is 16.5. The zero-order valence-electron chi connectivity index (χ0n) is 15.2. The van der Waals surface area contributed by atoms with E-state index >= 15 is 0 Å². The molecule has 0 saturated carbocycles. The number of aryl methyl sites for hydroxylation is 1. The van der Waals surface area contributed by atoms with Gasteiger partial charge in [-0.1, -0.05) is 13.8 Å². The molecule has 1 amide bonds. The predicted molar refractivity (Wildman–Crippen MR) is 95.5 cm³/mol. The first-order valence-corrected chi connectivity index (χ1v) is 8.13. The molecule has 1 unspecified atom stereocenters. The van der Waals surface area contributed by atoms with Gasteiger partial charge in [0.1, 0.15) is 11.8 Å². The van der Waals surface area contributed by atoms with Crippen molar-refractivity contribution in [3.05, 3.63) is 47.3 Å². The standard InChI is InChI=1S/C19H24N2O4/c1-11(2)17(19(23)24)20-18(22)16-10-12(3)21(13(16)4)14-6-8-15(25-5)9-7-14/h6-11,17H,1-5H3,(H,20,22)(H,23,24). The van der Waals surface area contributed by atoms with E-state index in [2.05, 4.69) is 5.32 Å². The van der Waals surface area contributed by atoms with E-state index in [1.165, 1.54) is 0 Å². The van der Waals surface area contributed by atoms with Crippen molar-refractivity contribution in [2.24, 2.45) is 5.92 Å². The number of carboxylic acids is 1. The van der Waals surface area contributed by atoms with Crippen molar-refractivity contribution in [3.8, 4) is 11.4 Å². The topological polar surface area (TPSA) is 80.6 Å². The summed E-state index contributed by atoms with van der Waals surface area (Å²) >= 11 is 0. The fourth-order valence-electron chi connectivity index (χ4n) is 2.85. The lowest BCUT2D eigenvalue weighted by Crippen LogP contribution is -2.44. The summed E-state index contributed by atoms with van der Waals surface area (Å²) in [6.07, 6.45) is 0. The molecule has 2 N–H and O–H groups in total. The molecule has 0 saturated heterocycles. The molecule has 6 nitrogen and oxygen atoms in total. The first-order valence-electron chi connectivity index (χ1n) is 8.13. The predicted octanol–water partition coefficient (Wildman–Crippen LogP) is 2.94. The van der Waals surface area contributed by atoms with E-state index in [4.69, 9.17) is 4.74 Å². The van der Waals surface area contributed by atoms with E-state index < -0.39 is 12.0 Å². The van der Waals surface area contributed by atoms with Crippen LogP contribution in [0.25, 0.3) is 5.69 Å². The van der Waals surface area contributed by atoms with E-state index in [0.717, 1.165) is 22.8 Å². The number of carbonyl (C=O) groups is 2. The monoisotopic (exact) mass is 344 g/mol. The van der Waals surface area contributed by atoms with Crippen molar-refractivity contribution in [2.45, 2.75) is 33.7 Å². The highest BCUT2D eigenvalue weighted by Gasteiger charge is 2.26. The van der Waals surface area contributed by atoms with Gasteiger partial charge in [0.2, 0.25) is 0 Å². The number of hydrogen-bond acceptors (Lipinski definition) is 3. The number of methoxy groups -OCH3 is 1. The summed E-state index contributed by atoms with van der Waals surface area (Å²) in [7, 11) is 1.61. The molecule has 1 atom stereocenters. The van der Waals surface area contributed by atoms with Gasteiger partial charge in [0.15, 0.2) is 0 Å². The number of nitrogens with one attached hydrogen (secondary N) is 1. The molecule has 0 radical (unpaired) electrons. The van der Waals surface area contributed by atoms with Gasteiger partial charge in [0, 0.05) is 17.1 Å². The molecular formula is C19H24N2O4. The quantitative estimate of drug-likeness (QED) is 0.844. The average Bonchev–Trinajstić information content (AvgIpc) is 2.86. The first kappa shape index (κ1) is 18.6.